The largest absolute Gasteiger partial charge is 0.332 e. The first-order valence-corrected chi connectivity index (χ1v) is 6.62. The molecule has 1 N–H and O–H groups in total. The van der Waals surface area contributed by atoms with E-state index in [2.05, 4.69) is 21.2 Å². The van der Waals surface area contributed by atoms with Gasteiger partial charge in [-0.25, -0.2) is 4.39 Å². The summed E-state index contributed by atoms with van der Waals surface area (Å²) in [7, 11) is 0. The Morgan fingerprint density at radius 1 is 1.20 bits per heavy atom. The number of nitrogens with zero attached hydrogens (tertiary/aromatic N) is 1. The lowest BCUT2D eigenvalue weighted by Gasteiger charge is -2.13. The van der Waals surface area contributed by atoms with Gasteiger partial charge in [0.1, 0.15) is 11.9 Å². The van der Waals surface area contributed by atoms with Crippen molar-refractivity contribution in [2.75, 3.05) is 0 Å². The Morgan fingerprint density at radius 2 is 1.85 bits per heavy atom. The van der Waals surface area contributed by atoms with E-state index in [1.807, 2.05) is 6.07 Å². The number of hydrogen-bond acceptors (Lipinski definition) is 2. The third-order valence-electron chi connectivity index (χ3n) is 2.74. The van der Waals surface area contributed by atoms with Crippen LogP contribution in [-0.4, -0.2) is 5.91 Å². The summed E-state index contributed by atoms with van der Waals surface area (Å²) in [5.74, 6) is -0.959. The second kappa shape index (κ2) is 6.31. The zero-order valence-electron chi connectivity index (χ0n) is 10.3. The Hall–Kier alpha value is -2.19. The summed E-state index contributed by atoms with van der Waals surface area (Å²) in [6.07, 6.45) is 0. The number of carbonyl (C=O) groups is 1. The first kappa shape index (κ1) is 14.2. The van der Waals surface area contributed by atoms with Gasteiger partial charge in [-0.2, -0.15) is 5.26 Å². The Balaban J connectivity index is 2.24. The van der Waals surface area contributed by atoms with Crippen LogP contribution in [0.1, 0.15) is 22.0 Å². The molecule has 2 aromatic rings. The minimum atomic E-state index is -1.03. The van der Waals surface area contributed by atoms with Gasteiger partial charge < -0.3 is 5.32 Å². The van der Waals surface area contributed by atoms with Crippen molar-refractivity contribution in [1.82, 2.24) is 5.32 Å². The summed E-state index contributed by atoms with van der Waals surface area (Å²) in [5.41, 5.74) is 0.541. The number of carbonyl (C=O) groups excluding carboxylic acids is 1. The maximum Gasteiger partial charge on any atom is 0.253 e. The van der Waals surface area contributed by atoms with Crippen molar-refractivity contribution >= 4 is 21.8 Å². The van der Waals surface area contributed by atoms with Crippen LogP contribution in [-0.2, 0) is 0 Å². The number of halogens is 2. The van der Waals surface area contributed by atoms with Gasteiger partial charge in [0.2, 0.25) is 0 Å². The first-order valence-electron chi connectivity index (χ1n) is 5.83. The van der Waals surface area contributed by atoms with Gasteiger partial charge >= 0.3 is 0 Å². The Labute approximate surface area is 124 Å². The topological polar surface area (TPSA) is 52.9 Å². The van der Waals surface area contributed by atoms with E-state index in [0.29, 0.717) is 10.0 Å². The van der Waals surface area contributed by atoms with Gasteiger partial charge in [0.15, 0.2) is 0 Å². The third-order valence-corrected chi connectivity index (χ3v) is 3.43. The van der Waals surface area contributed by atoms with E-state index < -0.39 is 17.8 Å². The molecule has 0 saturated carbocycles. The molecule has 0 spiro atoms. The molecule has 0 aliphatic rings. The van der Waals surface area contributed by atoms with Gasteiger partial charge in [0, 0.05) is 10.0 Å². The number of nitriles is 1. The minimum Gasteiger partial charge on any atom is -0.332 e. The van der Waals surface area contributed by atoms with Gasteiger partial charge in [0.25, 0.3) is 5.91 Å². The molecule has 2 aromatic carbocycles. The minimum absolute atomic E-state index is 0.149. The van der Waals surface area contributed by atoms with Gasteiger partial charge in [0.05, 0.1) is 11.6 Å². The van der Waals surface area contributed by atoms with E-state index in [0.717, 1.165) is 0 Å². The second-order valence-electron chi connectivity index (χ2n) is 4.04. The van der Waals surface area contributed by atoms with Gasteiger partial charge in [-0.3, -0.25) is 4.79 Å². The average Bonchev–Trinajstić information content (AvgIpc) is 2.46. The Kier molecular flexibility index (Phi) is 4.49. The quantitative estimate of drug-likeness (QED) is 0.933. The van der Waals surface area contributed by atoms with Crippen LogP contribution in [0.4, 0.5) is 4.39 Å². The summed E-state index contributed by atoms with van der Waals surface area (Å²) >= 11 is 3.26. The van der Waals surface area contributed by atoms with Crippen LogP contribution >= 0.6 is 15.9 Å². The second-order valence-corrected chi connectivity index (χ2v) is 4.89. The van der Waals surface area contributed by atoms with Gasteiger partial charge in [-0.05, 0) is 34.1 Å². The highest BCUT2D eigenvalue weighted by Crippen LogP contribution is 2.19. The number of nitrogens with one attached hydrogen (secondary N) is 1. The lowest BCUT2D eigenvalue weighted by atomic mass is 10.1. The monoisotopic (exact) mass is 332 g/mol. The molecule has 100 valence electrons. The molecule has 0 saturated heterocycles. The molecular weight excluding hydrogens is 323 g/mol. The van der Waals surface area contributed by atoms with Crippen molar-refractivity contribution in [3.63, 3.8) is 0 Å². The van der Waals surface area contributed by atoms with Crippen LogP contribution in [0, 0.1) is 17.1 Å². The molecule has 1 atom stereocenters. The van der Waals surface area contributed by atoms with Crippen molar-refractivity contribution in [2.45, 2.75) is 6.04 Å². The van der Waals surface area contributed by atoms with Crippen LogP contribution in [0.2, 0.25) is 0 Å². The van der Waals surface area contributed by atoms with Crippen molar-refractivity contribution in [1.29, 1.82) is 5.26 Å². The molecule has 20 heavy (non-hydrogen) atoms. The smallest absolute Gasteiger partial charge is 0.253 e. The van der Waals surface area contributed by atoms with E-state index in [1.165, 1.54) is 18.2 Å². The molecule has 0 unspecified atom stereocenters. The zero-order valence-corrected chi connectivity index (χ0v) is 11.9. The molecule has 0 radical (unpaired) electrons. The van der Waals surface area contributed by atoms with Crippen molar-refractivity contribution in [2.24, 2.45) is 0 Å². The molecule has 3 nitrogen and oxygen atoms in total. The maximum absolute atomic E-state index is 13.6. The molecule has 0 aliphatic heterocycles. The van der Waals surface area contributed by atoms with Crippen LogP contribution in [0.5, 0.6) is 0 Å². The number of hydrogen-bond donors (Lipinski definition) is 1. The summed E-state index contributed by atoms with van der Waals surface area (Å²) in [6, 6.07) is 13.6. The fourth-order valence-corrected chi connectivity index (χ4v) is 2.21. The van der Waals surface area contributed by atoms with Crippen LogP contribution in [0.15, 0.2) is 53.0 Å². The average molecular weight is 333 g/mol. The van der Waals surface area contributed by atoms with Crippen LogP contribution in [0.25, 0.3) is 0 Å². The van der Waals surface area contributed by atoms with Crippen LogP contribution < -0.4 is 5.32 Å². The van der Waals surface area contributed by atoms with Gasteiger partial charge in [-0.15, -0.1) is 0 Å². The van der Waals surface area contributed by atoms with Crippen molar-refractivity contribution < 1.29 is 9.18 Å². The number of rotatable bonds is 3. The number of benzene rings is 2. The van der Waals surface area contributed by atoms with E-state index >= 15 is 0 Å². The Morgan fingerprint density at radius 3 is 2.50 bits per heavy atom. The normalized spacial score (nSPS) is 11.4. The molecule has 1 amide bonds. The van der Waals surface area contributed by atoms with Crippen LogP contribution in [0.3, 0.4) is 0 Å². The molecular formula is C15H10BrFN2O. The summed E-state index contributed by atoms with van der Waals surface area (Å²) < 4.78 is 14.3. The highest BCUT2D eigenvalue weighted by molar-refractivity contribution is 9.10. The predicted molar refractivity (Wildman–Crippen MR) is 76.4 cm³/mol. The highest BCUT2D eigenvalue weighted by atomic mass is 79.9. The molecule has 0 aliphatic carbocycles. The lowest BCUT2D eigenvalue weighted by Crippen LogP contribution is -2.28. The Bertz CT molecular complexity index is 682. The molecule has 0 bridgehead atoms. The molecule has 0 fully saturated rings. The molecule has 0 heterocycles. The number of amides is 1. The maximum atomic E-state index is 13.6. The zero-order chi connectivity index (χ0) is 14.5. The standard InChI is InChI=1S/C15H10BrFN2O/c16-12-7-3-1-5-10(12)15(20)19-14(9-18)11-6-2-4-8-13(11)17/h1-8,14H,(H,19,20)/t14-/m0/s1. The molecule has 5 heteroatoms. The summed E-state index contributed by atoms with van der Waals surface area (Å²) in [5, 5.41) is 11.6. The van der Waals surface area contributed by atoms with E-state index in [1.54, 1.807) is 30.3 Å². The predicted octanol–water partition coefficient (Wildman–Crippen LogP) is 3.58. The summed E-state index contributed by atoms with van der Waals surface area (Å²) in [6.45, 7) is 0. The molecule has 0 aromatic heterocycles. The van der Waals surface area contributed by atoms with Crippen molar-refractivity contribution in [3.8, 4) is 6.07 Å². The van der Waals surface area contributed by atoms with E-state index in [-0.39, 0.29) is 5.56 Å². The third kappa shape index (κ3) is 3.03. The first-order chi connectivity index (χ1) is 9.63. The van der Waals surface area contributed by atoms with E-state index in [4.69, 9.17) is 5.26 Å². The van der Waals surface area contributed by atoms with E-state index in [9.17, 15) is 9.18 Å². The molecule has 2 rings (SSSR count). The lowest BCUT2D eigenvalue weighted by molar-refractivity contribution is 0.0944. The fraction of sp³-hybridized carbons (Fsp3) is 0.0667. The highest BCUT2D eigenvalue weighted by Gasteiger charge is 2.19. The fourth-order valence-electron chi connectivity index (χ4n) is 1.74. The van der Waals surface area contributed by atoms with Crippen molar-refractivity contribution in [3.05, 3.63) is 69.9 Å². The van der Waals surface area contributed by atoms with Gasteiger partial charge in [-0.1, -0.05) is 30.3 Å². The summed E-state index contributed by atoms with van der Waals surface area (Å²) in [4.78, 5) is 12.1. The SMILES string of the molecule is N#C[C@H](NC(=O)c1ccccc1Br)c1ccccc1F.